The Kier molecular flexibility index (Phi) is 5.30. The number of methoxy groups -OCH3 is 1. The Hall–Kier alpha value is -2.64. The molecule has 8 heteroatoms. The lowest BCUT2D eigenvalue weighted by atomic mass is 9.63. The number of hydrogen-bond donors (Lipinski definition) is 0. The van der Waals surface area contributed by atoms with E-state index in [1.807, 2.05) is 30.3 Å². The lowest BCUT2D eigenvalue weighted by Gasteiger charge is -2.37. The topological polar surface area (TPSA) is 68.2 Å². The van der Waals surface area contributed by atoms with Crippen molar-refractivity contribution in [2.75, 3.05) is 7.11 Å². The van der Waals surface area contributed by atoms with Crippen LogP contribution >= 0.6 is 27.5 Å². The number of nitrogens with zero attached hydrogens (tertiary/aromatic N) is 2. The number of amides is 2. The van der Waals surface area contributed by atoms with Gasteiger partial charge in [-0.2, -0.15) is 10.1 Å². The highest BCUT2D eigenvalue weighted by Gasteiger charge is 2.67. The molecule has 34 heavy (non-hydrogen) atoms. The molecule has 0 radical (unpaired) electrons. The highest BCUT2D eigenvalue weighted by Crippen LogP contribution is 2.65. The van der Waals surface area contributed by atoms with E-state index in [2.05, 4.69) is 33.2 Å². The van der Waals surface area contributed by atoms with Crippen LogP contribution in [0.3, 0.4) is 0 Å². The molecule has 1 aliphatic heterocycles. The Bertz CT molecular complexity index is 1230. The van der Waals surface area contributed by atoms with Crippen LogP contribution in [0.5, 0.6) is 11.5 Å². The minimum atomic E-state index is -0.259. The summed E-state index contributed by atoms with van der Waals surface area (Å²) in [5.74, 6) is 1.64. The highest BCUT2D eigenvalue weighted by molar-refractivity contribution is 9.10. The molecule has 2 saturated carbocycles. The Morgan fingerprint density at radius 3 is 2.44 bits per heavy atom. The van der Waals surface area contributed by atoms with E-state index in [1.165, 1.54) is 6.21 Å². The molecule has 5 aliphatic rings. The quantitative estimate of drug-likeness (QED) is 0.291. The molecule has 0 N–H and O–H groups in total. The van der Waals surface area contributed by atoms with E-state index in [0.717, 1.165) is 17.0 Å². The number of halogens is 2. The summed E-state index contributed by atoms with van der Waals surface area (Å²) in [6, 6.07) is 11.1. The van der Waals surface area contributed by atoms with Crippen LogP contribution in [0.25, 0.3) is 0 Å². The molecular formula is C26H22BrClN2O4. The average Bonchev–Trinajstić information content (AvgIpc) is 3.62. The van der Waals surface area contributed by atoms with Gasteiger partial charge in [-0.15, -0.1) is 0 Å². The normalized spacial score (nSPS) is 30.6. The van der Waals surface area contributed by atoms with Crippen molar-refractivity contribution in [3.63, 3.8) is 0 Å². The van der Waals surface area contributed by atoms with Crippen molar-refractivity contribution in [1.82, 2.24) is 5.01 Å². The number of ether oxygens (including phenoxy) is 2. The smallest absolute Gasteiger partial charge is 0.254 e. The van der Waals surface area contributed by atoms with E-state index >= 15 is 0 Å². The molecule has 7 rings (SSSR count). The zero-order valence-electron chi connectivity index (χ0n) is 18.4. The zero-order valence-corrected chi connectivity index (χ0v) is 20.7. The molecule has 174 valence electrons. The van der Waals surface area contributed by atoms with E-state index in [9.17, 15) is 9.59 Å². The molecule has 3 fully saturated rings. The van der Waals surface area contributed by atoms with Gasteiger partial charge in [0, 0.05) is 10.6 Å². The highest BCUT2D eigenvalue weighted by atomic mass is 79.9. The van der Waals surface area contributed by atoms with Crippen LogP contribution in [0.4, 0.5) is 0 Å². The molecule has 0 unspecified atom stereocenters. The first-order valence-corrected chi connectivity index (χ1v) is 12.5. The van der Waals surface area contributed by atoms with Crippen molar-refractivity contribution < 1.29 is 19.1 Å². The predicted octanol–water partition coefficient (Wildman–Crippen LogP) is 5.08. The molecule has 2 amide bonds. The second-order valence-electron chi connectivity index (χ2n) is 9.30. The summed E-state index contributed by atoms with van der Waals surface area (Å²) in [6.45, 7) is 0.278. The van der Waals surface area contributed by atoms with Crippen LogP contribution in [0.2, 0.25) is 5.02 Å². The number of allylic oxidation sites excluding steroid dienone is 2. The summed E-state index contributed by atoms with van der Waals surface area (Å²) in [6.07, 6.45) is 6.97. The fourth-order valence-electron chi connectivity index (χ4n) is 5.90. The number of imide groups is 1. The van der Waals surface area contributed by atoms with Crippen molar-refractivity contribution in [1.29, 1.82) is 0 Å². The monoisotopic (exact) mass is 540 g/mol. The molecule has 2 bridgehead atoms. The standard InChI is InChI=1S/C26H22BrClN2O4/c1-33-21-9-13(8-19(27)24(21)34-12-14-4-2-3-5-20(14)28)11-29-30-25(31)22-15-6-7-16(18-10-17(15)18)23(22)26(30)32/h2-9,11,15-18,22-23H,10,12H2,1H3/b29-11-/t15-,16-,17-,18+,22-,23+/m1/s1. The molecule has 1 saturated heterocycles. The zero-order chi connectivity index (χ0) is 23.6. The summed E-state index contributed by atoms with van der Waals surface area (Å²) in [4.78, 5) is 26.2. The van der Waals surface area contributed by atoms with Gasteiger partial charge in [-0.3, -0.25) is 9.59 Å². The average molecular weight is 542 g/mol. The van der Waals surface area contributed by atoms with Crippen molar-refractivity contribution in [2.24, 2.45) is 40.6 Å². The number of hydrogen-bond acceptors (Lipinski definition) is 5. The van der Waals surface area contributed by atoms with Gasteiger partial charge in [0.05, 0.1) is 29.6 Å². The van der Waals surface area contributed by atoms with Gasteiger partial charge in [0.1, 0.15) is 6.61 Å². The van der Waals surface area contributed by atoms with Gasteiger partial charge < -0.3 is 9.47 Å². The Labute approximate surface area is 210 Å². The molecular weight excluding hydrogens is 520 g/mol. The minimum absolute atomic E-state index is 0.179. The molecule has 1 heterocycles. The molecule has 6 atom stereocenters. The van der Waals surface area contributed by atoms with Gasteiger partial charge in [0.25, 0.3) is 11.8 Å². The third-order valence-electron chi connectivity index (χ3n) is 7.54. The number of hydrazone groups is 1. The molecule has 2 aromatic carbocycles. The summed E-state index contributed by atoms with van der Waals surface area (Å²) >= 11 is 9.77. The van der Waals surface area contributed by atoms with Crippen LogP contribution < -0.4 is 9.47 Å². The van der Waals surface area contributed by atoms with Crippen LogP contribution in [0, 0.1) is 35.5 Å². The van der Waals surface area contributed by atoms with Gasteiger partial charge >= 0.3 is 0 Å². The number of rotatable bonds is 6. The molecule has 4 aliphatic carbocycles. The van der Waals surface area contributed by atoms with E-state index < -0.39 is 0 Å². The van der Waals surface area contributed by atoms with E-state index in [0.29, 0.717) is 38.4 Å². The van der Waals surface area contributed by atoms with Gasteiger partial charge in [-0.05, 0) is 69.8 Å². The fourth-order valence-corrected chi connectivity index (χ4v) is 6.66. The number of carbonyl (C=O) groups is 2. The van der Waals surface area contributed by atoms with Crippen molar-refractivity contribution in [2.45, 2.75) is 13.0 Å². The maximum atomic E-state index is 13.1. The predicted molar refractivity (Wildman–Crippen MR) is 131 cm³/mol. The van der Waals surface area contributed by atoms with Gasteiger partial charge in [-0.1, -0.05) is 42.0 Å². The van der Waals surface area contributed by atoms with Crippen LogP contribution in [0.15, 0.2) is 58.1 Å². The lowest BCUT2D eigenvalue weighted by molar-refractivity contribution is -0.140. The maximum absolute atomic E-state index is 13.1. The minimum Gasteiger partial charge on any atom is -0.493 e. The van der Waals surface area contributed by atoms with Gasteiger partial charge in [-0.25, -0.2) is 0 Å². The lowest BCUT2D eigenvalue weighted by Crippen LogP contribution is -2.40. The molecule has 0 spiro atoms. The SMILES string of the molecule is COc1cc(/C=N\N2C(=O)[C@@H]3[C@@H]4C=C[C@H]([C@@H]5C[C@H]45)[C@@H]3C2=O)cc(Br)c1OCc1ccccc1Cl. The Balaban J connectivity index is 1.21. The third-order valence-corrected chi connectivity index (χ3v) is 8.50. The van der Waals surface area contributed by atoms with E-state index in [4.69, 9.17) is 21.1 Å². The van der Waals surface area contributed by atoms with Gasteiger partial charge in [0.2, 0.25) is 0 Å². The van der Waals surface area contributed by atoms with E-state index in [-0.39, 0.29) is 42.1 Å². The first kappa shape index (κ1) is 21.9. The molecule has 2 aromatic rings. The Morgan fingerprint density at radius 2 is 1.79 bits per heavy atom. The Morgan fingerprint density at radius 1 is 1.12 bits per heavy atom. The largest absolute Gasteiger partial charge is 0.493 e. The molecule has 0 aromatic heterocycles. The fraction of sp³-hybridized carbons (Fsp3) is 0.346. The first-order chi connectivity index (χ1) is 16.5. The second kappa shape index (κ2) is 8.24. The first-order valence-electron chi connectivity index (χ1n) is 11.3. The van der Waals surface area contributed by atoms with Crippen molar-refractivity contribution in [3.05, 3.63) is 69.2 Å². The molecule has 6 nitrogen and oxygen atoms in total. The number of benzene rings is 2. The van der Waals surface area contributed by atoms with Crippen LogP contribution in [-0.4, -0.2) is 30.1 Å². The third kappa shape index (κ3) is 3.40. The second-order valence-corrected chi connectivity index (χ2v) is 10.6. The van der Waals surface area contributed by atoms with Gasteiger partial charge in [0.15, 0.2) is 11.5 Å². The van der Waals surface area contributed by atoms with Crippen LogP contribution in [0.1, 0.15) is 17.5 Å². The van der Waals surface area contributed by atoms with Crippen LogP contribution in [-0.2, 0) is 16.2 Å². The van der Waals surface area contributed by atoms with E-state index in [1.54, 1.807) is 13.2 Å². The number of carbonyl (C=O) groups excluding carboxylic acids is 2. The summed E-state index contributed by atoms with van der Waals surface area (Å²) < 4.78 is 12.2. The summed E-state index contributed by atoms with van der Waals surface area (Å²) in [5.41, 5.74) is 1.53. The van der Waals surface area contributed by atoms with Crippen molar-refractivity contribution >= 4 is 45.6 Å². The summed E-state index contributed by atoms with van der Waals surface area (Å²) in [5, 5.41) is 6.02. The summed E-state index contributed by atoms with van der Waals surface area (Å²) in [7, 11) is 1.55. The van der Waals surface area contributed by atoms with Crippen molar-refractivity contribution in [3.8, 4) is 11.5 Å². The maximum Gasteiger partial charge on any atom is 0.254 e.